The summed E-state index contributed by atoms with van der Waals surface area (Å²) in [5, 5.41) is 3.64. The average Bonchev–Trinajstić information content (AvgIpc) is 2.90. The van der Waals surface area contributed by atoms with Gasteiger partial charge in [0, 0.05) is 32.8 Å². The molecule has 4 nitrogen and oxygen atoms in total. The van der Waals surface area contributed by atoms with Crippen molar-refractivity contribution in [1.82, 2.24) is 5.32 Å². The summed E-state index contributed by atoms with van der Waals surface area (Å²) in [6.45, 7) is 0.897. The number of rotatable bonds is 5. The van der Waals surface area contributed by atoms with E-state index in [4.69, 9.17) is 11.6 Å². The lowest BCUT2D eigenvalue weighted by Gasteiger charge is -2.40. The summed E-state index contributed by atoms with van der Waals surface area (Å²) in [5.74, 6) is 1.48. The van der Waals surface area contributed by atoms with Crippen LogP contribution in [0.1, 0.15) is 37.7 Å². The van der Waals surface area contributed by atoms with Crippen molar-refractivity contribution in [1.29, 1.82) is 0 Å². The lowest BCUT2D eigenvalue weighted by molar-refractivity contribution is -0.129. The van der Waals surface area contributed by atoms with E-state index in [0.717, 1.165) is 37.7 Å². The highest BCUT2D eigenvalue weighted by Gasteiger charge is 2.45. The number of carbonyl (C=O) groups is 1. The molecule has 126 valence electrons. The lowest BCUT2D eigenvalue weighted by atomic mass is 9.64. The Balaban J connectivity index is 1.61. The molecule has 0 aromatic heterocycles. The monoisotopic (exact) mass is 354 g/mol. The van der Waals surface area contributed by atoms with Crippen LogP contribution in [0.15, 0.2) is 28.6 Å². The maximum atomic E-state index is 12.7. The Morgan fingerprint density at radius 2 is 2.00 bits per heavy atom. The first-order valence-corrected chi connectivity index (χ1v) is 10.5. The molecule has 0 unspecified atom stereocenters. The molecule has 1 aliphatic carbocycles. The molecule has 6 heteroatoms. The first kappa shape index (κ1) is 16.8. The Labute approximate surface area is 143 Å². The van der Waals surface area contributed by atoms with Crippen molar-refractivity contribution in [2.24, 2.45) is 4.36 Å². The molecule has 1 saturated heterocycles. The second-order valence-corrected chi connectivity index (χ2v) is 9.50. The summed E-state index contributed by atoms with van der Waals surface area (Å²) < 4.78 is 16.6. The van der Waals surface area contributed by atoms with Crippen molar-refractivity contribution in [3.63, 3.8) is 0 Å². The van der Waals surface area contributed by atoms with Gasteiger partial charge >= 0.3 is 0 Å². The molecule has 1 aromatic rings. The van der Waals surface area contributed by atoms with Crippen LogP contribution in [0.2, 0.25) is 5.02 Å². The highest BCUT2D eigenvalue weighted by molar-refractivity contribution is 7.93. The van der Waals surface area contributed by atoms with Gasteiger partial charge in [-0.25, -0.2) is 8.57 Å². The first-order chi connectivity index (χ1) is 11.0. The summed E-state index contributed by atoms with van der Waals surface area (Å²) in [5.41, 5.74) is 0.549. The van der Waals surface area contributed by atoms with Gasteiger partial charge < -0.3 is 5.32 Å². The van der Waals surface area contributed by atoms with E-state index in [9.17, 15) is 9.00 Å². The number of nitrogens with zero attached hydrogens (tertiary/aromatic N) is 1. The highest BCUT2D eigenvalue weighted by Crippen LogP contribution is 2.44. The summed E-state index contributed by atoms with van der Waals surface area (Å²) >= 11 is 6.07. The van der Waals surface area contributed by atoms with Gasteiger partial charge in [-0.2, -0.15) is 0 Å². The van der Waals surface area contributed by atoms with Crippen LogP contribution in [0.4, 0.5) is 0 Å². The summed E-state index contributed by atoms with van der Waals surface area (Å²) in [7, 11) is -1.98. The normalized spacial score (nSPS) is 21.4. The molecule has 0 spiro atoms. The smallest absolute Gasteiger partial charge is 0.230 e. The number of carbonyl (C=O) groups excluding carboxylic acids is 1. The third-order valence-electron chi connectivity index (χ3n) is 4.92. The standard InChI is InChI=1S/C17H23ClN2O2S/c18-15-6-3-5-14(13-15)17(7-4-8-17)16(21)19-9-10-20-23(22)11-1-2-12-23/h3,5-6,13H,1-2,4,7-12H2,(H,19,21). The Morgan fingerprint density at radius 1 is 1.26 bits per heavy atom. The fourth-order valence-electron chi connectivity index (χ4n) is 3.40. The minimum atomic E-state index is -1.98. The van der Waals surface area contributed by atoms with E-state index < -0.39 is 15.1 Å². The van der Waals surface area contributed by atoms with Crippen LogP contribution in [0.3, 0.4) is 0 Å². The molecule has 1 heterocycles. The summed E-state index contributed by atoms with van der Waals surface area (Å²) in [6.07, 6.45) is 4.78. The van der Waals surface area contributed by atoms with Crippen molar-refractivity contribution >= 4 is 27.2 Å². The summed E-state index contributed by atoms with van der Waals surface area (Å²) in [4.78, 5) is 12.7. The molecule has 1 amide bonds. The maximum Gasteiger partial charge on any atom is 0.230 e. The molecule has 1 saturated carbocycles. The van der Waals surface area contributed by atoms with E-state index in [0.29, 0.717) is 29.6 Å². The van der Waals surface area contributed by atoms with Gasteiger partial charge in [0.25, 0.3) is 0 Å². The molecule has 2 aliphatic rings. The van der Waals surface area contributed by atoms with Crippen molar-refractivity contribution in [3.05, 3.63) is 34.9 Å². The van der Waals surface area contributed by atoms with Gasteiger partial charge in [-0.15, -0.1) is 0 Å². The fourth-order valence-corrected chi connectivity index (χ4v) is 5.79. The first-order valence-electron chi connectivity index (χ1n) is 8.27. The van der Waals surface area contributed by atoms with E-state index in [1.54, 1.807) is 0 Å². The average molecular weight is 355 g/mol. The number of nitrogens with one attached hydrogen (secondary N) is 1. The van der Waals surface area contributed by atoms with Crippen molar-refractivity contribution in [3.8, 4) is 0 Å². The predicted molar refractivity (Wildman–Crippen MR) is 94.4 cm³/mol. The quantitative estimate of drug-likeness (QED) is 0.826. The number of halogens is 1. The molecule has 2 fully saturated rings. The third kappa shape index (κ3) is 3.56. The largest absolute Gasteiger partial charge is 0.353 e. The molecule has 1 aromatic carbocycles. The van der Waals surface area contributed by atoms with Crippen LogP contribution in [0.25, 0.3) is 0 Å². The van der Waals surface area contributed by atoms with E-state index in [2.05, 4.69) is 9.68 Å². The van der Waals surface area contributed by atoms with E-state index in [1.807, 2.05) is 24.3 Å². The van der Waals surface area contributed by atoms with Crippen LogP contribution in [-0.4, -0.2) is 34.7 Å². The molecule has 3 rings (SSSR count). The highest BCUT2D eigenvalue weighted by atomic mass is 35.5. The lowest BCUT2D eigenvalue weighted by Crippen LogP contribution is -2.49. The Morgan fingerprint density at radius 3 is 2.61 bits per heavy atom. The van der Waals surface area contributed by atoms with Gasteiger partial charge in [0.2, 0.25) is 5.91 Å². The zero-order chi connectivity index (χ0) is 16.3. The molecule has 23 heavy (non-hydrogen) atoms. The van der Waals surface area contributed by atoms with Crippen LogP contribution in [-0.2, 0) is 19.9 Å². The van der Waals surface area contributed by atoms with Crippen molar-refractivity contribution in [2.75, 3.05) is 24.6 Å². The van der Waals surface area contributed by atoms with Gasteiger partial charge in [-0.05, 0) is 43.4 Å². The minimum Gasteiger partial charge on any atom is -0.353 e. The fraction of sp³-hybridized carbons (Fsp3) is 0.588. The molecule has 0 bridgehead atoms. The van der Waals surface area contributed by atoms with Crippen molar-refractivity contribution in [2.45, 2.75) is 37.5 Å². The van der Waals surface area contributed by atoms with Crippen LogP contribution in [0.5, 0.6) is 0 Å². The molecular weight excluding hydrogens is 332 g/mol. The van der Waals surface area contributed by atoms with Gasteiger partial charge in [-0.1, -0.05) is 30.2 Å². The van der Waals surface area contributed by atoms with E-state index in [1.165, 1.54) is 0 Å². The minimum absolute atomic E-state index is 0.0441. The second-order valence-electron chi connectivity index (χ2n) is 6.44. The molecular formula is C17H23ClN2O2S. The molecule has 1 N–H and O–H groups in total. The Hall–Kier alpha value is -1.07. The zero-order valence-electron chi connectivity index (χ0n) is 13.2. The second kappa shape index (κ2) is 6.81. The van der Waals surface area contributed by atoms with Crippen molar-refractivity contribution < 1.29 is 9.00 Å². The number of hydrogen-bond acceptors (Lipinski definition) is 3. The zero-order valence-corrected chi connectivity index (χ0v) is 14.8. The van der Waals surface area contributed by atoms with Gasteiger partial charge in [0.15, 0.2) is 0 Å². The molecule has 1 aliphatic heterocycles. The molecule has 0 atom stereocenters. The van der Waals surface area contributed by atoms with Crippen LogP contribution in [0, 0.1) is 0 Å². The Kier molecular flexibility index (Phi) is 4.97. The predicted octanol–water partition coefficient (Wildman–Crippen LogP) is 3.14. The number of benzene rings is 1. The number of hydrogen-bond donors (Lipinski definition) is 1. The summed E-state index contributed by atoms with van der Waals surface area (Å²) in [6, 6.07) is 7.58. The SMILES string of the molecule is O=C(NCCN=S1(=O)CCCC1)C1(c2cccc(Cl)c2)CCC1. The van der Waals surface area contributed by atoms with Gasteiger partial charge in [0.1, 0.15) is 0 Å². The van der Waals surface area contributed by atoms with E-state index >= 15 is 0 Å². The van der Waals surface area contributed by atoms with E-state index in [-0.39, 0.29) is 5.91 Å². The third-order valence-corrected chi connectivity index (χ3v) is 7.66. The van der Waals surface area contributed by atoms with Crippen LogP contribution < -0.4 is 5.32 Å². The van der Waals surface area contributed by atoms with Gasteiger partial charge in [-0.3, -0.25) is 4.79 Å². The molecule has 0 radical (unpaired) electrons. The topological polar surface area (TPSA) is 58.5 Å². The number of amides is 1. The van der Waals surface area contributed by atoms with Gasteiger partial charge in [0.05, 0.1) is 12.0 Å². The Bertz CT molecular complexity index is 694. The van der Waals surface area contributed by atoms with Crippen LogP contribution >= 0.6 is 11.6 Å². The maximum absolute atomic E-state index is 12.7.